The Labute approximate surface area is 94.8 Å². The van der Waals surface area contributed by atoms with Gasteiger partial charge in [0, 0.05) is 36.0 Å². The van der Waals surface area contributed by atoms with Crippen molar-refractivity contribution in [3.8, 4) is 0 Å². The zero-order chi connectivity index (χ0) is 9.68. The van der Waals surface area contributed by atoms with Crippen molar-refractivity contribution in [3.63, 3.8) is 0 Å². The second-order valence-electron chi connectivity index (χ2n) is 3.92. The number of hydrogen-bond donors (Lipinski definition) is 0. The topological polar surface area (TPSA) is 3.24 Å². The van der Waals surface area contributed by atoms with Crippen LogP contribution in [0.15, 0.2) is 0 Å². The molecule has 0 aliphatic carbocycles. The fourth-order valence-electron chi connectivity index (χ4n) is 1.68. The molecule has 1 heterocycles. The van der Waals surface area contributed by atoms with Crippen LogP contribution in [0.1, 0.15) is 20.3 Å². The molecule has 0 saturated carbocycles. The molecule has 1 nitrogen and oxygen atoms in total. The van der Waals surface area contributed by atoms with Crippen molar-refractivity contribution in [1.82, 2.24) is 4.90 Å². The summed E-state index contributed by atoms with van der Waals surface area (Å²) in [7, 11) is 0. The predicted molar refractivity (Wildman–Crippen MR) is 65.9 cm³/mol. The van der Waals surface area contributed by atoms with E-state index in [2.05, 4.69) is 46.4 Å². The van der Waals surface area contributed by atoms with E-state index in [1.807, 2.05) is 0 Å². The van der Waals surface area contributed by atoms with Crippen molar-refractivity contribution in [2.75, 3.05) is 30.7 Å². The Morgan fingerprint density at radius 1 is 1.62 bits per heavy atom. The van der Waals surface area contributed by atoms with E-state index in [4.69, 9.17) is 0 Å². The minimum absolute atomic E-state index is 0.792. The molecule has 0 aromatic rings. The SMILES string of the molecule is CCC1CN(CC(C)CBr)CCS1. The van der Waals surface area contributed by atoms with Crippen molar-refractivity contribution >= 4 is 27.7 Å². The van der Waals surface area contributed by atoms with E-state index in [9.17, 15) is 0 Å². The summed E-state index contributed by atoms with van der Waals surface area (Å²) >= 11 is 5.69. The Kier molecular flexibility index (Phi) is 5.75. The molecule has 3 heteroatoms. The lowest BCUT2D eigenvalue weighted by atomic mass is 10.2. The quantitative estimate of drug-likeness (QED) is 0.720. The lowest BCUT2D eigenvalue weighted by Gasteiger charge is -2.33. The minimum Gasteiger partial charge on any atom is -0.301 e. The third-order valence-corrected chi connectivity index (χ3v) is 4.99. The van der Waals surface area contributed by atoms with Crippen molar-refractivity contribution < 1.29 is 0 Å². The van der Waals surface area contributed by atoms with Gasteiger partial charge in [-0.3, -0.25) is 0 Å². The summed E-state index contributed by atoms with van der Waals surface area (Å²) in [5, 5.41) is 2.02. The first-order chi connectivity index (χ1) is 6.26. The Hall–Kier alpha value is 0.790. The second kappa shape index (κ2) is 6.31. The van der Waals surface area contributed by atoms with Gasteiger partial charge in [0.2, 0.25) is 0 Å². The Morgan fingerprint density at radius 2 is 2.38 bits per heavy atom. The van der Waals surface area contributed by atoms with Crippen LogP contribution in [0, 0.1) is 5.92 Å². The van der Waals surface area contributed by atoms with E-state index in [0.717, 1.165) is 16.5 Å². The van der Waals surface area contributed by atoms with Crippen LogP contribution in [0.3, 0.4) is 0 Å². The highest BCUT2D eigenvalue weighted by Crippen LogP contribution is 2.21. The van der Waals surface area contributed by atoms with Crippen molar-refractivity contribution in [1.29, 1.82) is 0 Å². The lowest BCUT2D eigenvalue weighted by Crippen LogP contribution is -2.40. The van der Waals surface area contributed by atoms with Crippen LogP contribution in [0.25, 0.3) is 0 Å². The van der Waals surface area contributed by atoms with Crippen molar-refractivity contribution in [3.05, 3.63) is 0 Å². The van der Waals surface area contributed by atoms with Gasteiger partial charge in [-0.1, -0.05) is 29.8 Å². The number of thioether (sulfide) groups is 1. The van der Waals surface area contributed by atoms with Crippen LogP contribution in [-0.4, -0.2) is 40.9 Å². The monoisotopic (exact) mass is 265 g/mol. The van der Waals surface area contributed by atoms with Gasteiger partial charge in [0.15, 0.2) is 0 Å². The third-order valence-electron chi connectivity index (χ3n) is 2.51. The number of hydrogen-bond acceptors (Lipinski definition) is 2. The highest BCUT2D eigenvalue weighted by molar-refractivity contribution is 9.09. The molecule has 1 rings (SSSR count). The number of rotatable bonds is 4. The smallest absolute Gasteiger partial charge is 0.0172 e. The summed E-state index contributed by atoms with van der Waals surface area (Å²) in [6.45, 7) is 8.48. The molecule has 1 saturated heterocycles. The molecule has 0 N–H and O–H groups in total. The van der Waals surface area contributed by atoms with Gasteiger partial charge < -0.3 is 4.90 Å². The highest BCUT2D eigenvalue weighted by atomic mass is 79.9. The highest BCUT2D eigenvalue weighted by Gasteiger charge is 2.19. The molecule has 2 atom stereocenters. The van der Waals surface area contributed by atoms with Gasteiger partial charge in [-0.2, -0.15) is 11.8 Å². The standard InChI is InChI=1S/C10H20BrNS/c1-3-10-8-12(4-5-13-10)7-9(2)6-11/h9-10H,3-8H2,1-2H3. The predicted octanol–water partition coefficient (Wildman–Crippen LogP) is 2.84. The average molecular weight is 266 g/mol. The van der Waals surface area contributed by atoms with E-state index in [1.54, 1.807) is 0 Å². The first kappa shape index (κ1) is 11.9. The van der Waals surface area contributed by atoms with Gasteiger partial charge in [0.25, 0.3) is 0 Å². The summed E-state index contributed by atoms with van der Waals surface area (Å²) in [5.41, 5.74) is 0. The van der Waals surface area contributed by atoms with Crippen LogP contribution < -0.4 is 0 Å². The van der Waals surface area contributed by atoms with E-state index >= 15 is 0 Å². The van der Waals surface area contributed by atoms with Gasteiger partial charge >= 0.3 is 0 Å². The summed E-state index contributed by atoms with van der Waals surface area (Å²) in [6.07, 6.45) is 1.32. The summed E-state index contributed by atoms with van der Waals surface area (Å²) in [5.74, 6) is 2.12. The number of nitrogens with zero attached hydrogens (tertiary/aromatic N) is 1. The molecule has 1 aliphatic rings. The van der Waals surface area contributed by atoms with Gasteiger partial charge in [-0.25, -0.2) is 0 Å². The zero-order valence-corrected chi connectivity index (χ0v) is 11.0. The Morgan fingerprint density at radius 3 is 3.00 bits per heavy atom. The van der Waals surface area contributed by atoms with Crippen molar-refractivity contribution in [2.45, 2.75) is 25.5 Å². The molecule has 0 radical (unpaired) electrons. The summed E-state index contributed by atoms with van der Waals surface area (Å²) < 4.78 is 0. The summed E-state index contributed by atoms with van der Waals surface area (Å²) in [6, 6.07) is 0. The average Bonchev–Trinajstić information content (AvgIpc) is 2.18. The number of halogens is 1. The molecular formula is C10H20BrNS. The largest absolute Gasteiger partial charge is 0.301 e. The molecule has 2 unspecified atom stereocenters. The zero-order valence-electron chi connectivity index (χ0n) is 8.63. The molecule has 0 spiro atoms. The molecule has 13 heavy (non-hydrogen) atoms. The minimum atomic E-state index is 0.792. The van der Waals surface area contributed by atoms with Crippen molar-refractivity contribution in [2.24, 2.45) is 5.92 Å². The first-order valence-corrected chi connectivity index (χ1v) is 7.33. The molecular weight excluding hydrogens is 246 g/mol. The number of alkyl halides is 1. The van der Waals surface area contributed by atoms with Gasteiger partial charge in [-0.15, -0.1) is 0 Å². The normalized spacial score (nSPS) is 27.5. The lowest BCUT2D eigenvalue weighted by molar-refractivity contribution is 0.253. The van der Waals surface area contributed by atoms with Gasteiger partial charge in [0.1, 0.15) is 0 Å². The third kappa shape index (κ3) is 4.22. The van der Waals surface area contributed by atoms with E-state index in [0.29, 0.717) is 0 Å². The molecule has 78 valence electrons. The Balaban J connectivity index is 2.25. The first-order valence-electron chi connectivity index (χ1n) is 5.16. The van der Waals surface area contributed by atoms with Crippen LogP contribution in [0.2, 0.25) is 0 Å². The van der Waals surface area contributed by atoms with Crippen LogP contribution in [-0.2, 0) is 0 Å². The summed E-state index contributed by atoms with van der Waals surface area (Å²) in [4.78, 5) is 2.62. The second-order valence-corrected chi connectivity index (χ2v) is 5.98. The van der Waals surface area contributed by atoms with Crippen LogP contribution in [0.5, 0.6) is 0 Å². The maximum Gasteiger partial charge on any atom is 0.0172 e. The molecule has 1 aliphatic heterocycles. The van der Waals surface area contributed by atoms with Crippen LogP contribution in [0.4, 0.5) is 0 Å². The molecule has 0 aromatic carbocycles. The fraction of sp³-hybridized carbons (Fsp3) is 1.00. The fourth-order valence-corrected chi connectivity index (χ4v) is 3.14. The van der Waals surface area contributed by atoms with E-state index in [1.165, 1.54) is 31.8 Å². The van der Waals surface area contributed by atoms with Gasteiger partial charge in [0.05, 0.1) is 0 Å². The maximum atomic E-state index is 3.54. The molecule has 0 bridgehead atoms. The van der Waals surface area contributed by atoms with E-state index < -0.39 is 0 Å². The molecule has 0 amide bonds. The van der Waals surface area contributed by atoms with Crippen LogP contribution >= 0.6 is 27.7 Å². The van der Waals surface area contributed by atoms with Gasteiger partial charge in [-0.05, 0) is 12.3 Å². The maximum absolute atomic E-state index is 3.54. The molecule has 0 aromatic heterocycles. The van der Waals surface area contributed by atoms with E-state index in [-0.39, 0.29) is 0 Å². The molecule has 1 fully saturated rings. The Bertz CT molecular complexity index is 141.